The van der Waals surface area contributed by atoms with Gasteiger partial charge in [-0.25, -0.2) is 15.0 Å². The lowest BCUT2D eigenvalue weighted by Gasteiger charge is -2.02. The molecule has 0 saturated carbocycles. The van der Waals surface area contributed by atoms with E-state index in [0.717, 1.165) is 11.8 Å². The molecule has 0 unspecified atom stereocenters. The lowest BCUT2D eigenvalue weighted by Crippen LogP contribution is -2.09. The van der Waals surface area contributed by atoms with Crippen molar-refractivity contribution in [1.29, 1.82) is 0 Å². The van der Waals surface area contributed by atoms with Crippen LogP contribution < -0.4 is 11.3 Å². The molecule has 0 amide bonds. The van der Waals surface area contributed by atoms with Gasteiger partial charge in [0, 0.05) is 12.1 Å². The van der Waals surface area contributed by atoms with E-state index in [2.05, 4.69) is 19.9 Å². The van der Waals surface area contributed by atoms with E-state index in [1.165, 1.54) is 6.07 Å². The molecule has 2 rings (SSSR count). The van der Waals surface area contributed by atoms with Crippen molar-refractivity contribution in [3.8, 4) is 0 Å². The molecule has 8 heteroatoms. The van der Waals surface area contributed by atoms with Gasteiger partial charge in [-0.3, -0.25) is 4.79 Å². The Morgan fingerprint density at radius 3 is 2.76 bits per heavy atom. The van der Waals surface area contributed by atoms with Crippen molar-refractivity contribution in [2.45, 2.75) is 17.1 Å². The summed E-state index contributed by atoms with van der Waals surface area (Å²) < 4.78 is 0. The highest BCUT2D eigenvalue weighted by molar-refractivity contribution is 7.99. The Bertz CT molecular complexity index is 594. The van der Waals surface area contributed by atoms with E-state index in [9.17, 15) is 4.79 Å². The highest BCUT2D eigenvalue weighted by Gasteiger charge is 2.05. The van der Waals surface area contributed by atoms with Crippen LogP contribution in [-0.2, 0) is 0 Å². The summed E-state index contributed by atoms with van der Waals surface area (Å²) in [7, 11) is 0. The molecule has 0 aromatic carbocycles. The second kappa shape index (κ2) is 4.72. The van der Waals surface area contributed by atoms with Crippen LogP contribution in [0.5, 0.6) is 0 Å². The zero-order valence-electron chi connectivity index (χ0n) is 8.77. The number of halogens is 1. The van der Waals surface area contributed by atoms with Gasteiger partial charge in [-0.15, -0.1) is 0 Å². The van der Waals surface area contributed by atoms with Gasteiger partial charge in [0.1, 0.15) is 21.8 Å². The molecule has 6 nitrogen and oxygen atoms in total. The zero-order chi connectivity index (χ0) is 12.4. The zero-order valence-corrected chi connectivity index (χ0v) is 10.3. The number of aryl methyl sites for hydroxylation is 1. The Hall–Kier alpha value is -1.60. The first-order chi connectivity index (χ1) is 8.02. The van der Waals surface area contributed by atoms with Gasteiger partial charge in [-0.05, 0) is 18.7 Å². The number of aromatic nitrogens is 4. The fraction of sp³-hybridized carbons (Fsp3) is 0.111. The molecule has 2 heterocycles. The SMILES string of the molecule is Cc1nc(Cl)cc(Sc2nc(N)cc(=O)[nH]2)n1. The molecular formula is C9H8ClN5OS. The summed E-state index contributed by atoms with van der Waals surface area (Å²) in [4.78, 5) is 25.8. The van der Waals surface area contributed by atoms with Crippen LogP contribution in [0.3, 0.4) is 0 Å². The van der Waals surface area contributed by atoms with Crippen LogP contribution in [0.25, 0.3) is 0 Å². The number of nitrogens with one attached hydrogen (secondary N) is 1. The molecule has 17 heavy (non-hydrogen) atoms. The predicted octanol–water partition coefficient (Wildman–Crippen LogP) is 1.26. The average molecular weight is 270 g/mol. The summed E-state index contributed by atoms with van der Waals surface area (Å²) >= 11 is 6.96. The Morgan fingerprint density at radius 1 is 1.35 bits per heavy atom. The first-order valence-corrected chi connectivity index (χ1v) is 5.78. The lowest BCUT2D eigenvalue weighted by molar-refractivity contribution is 0.926. The Balaban J connectivity index is 2.34. The summed E-state index contributed by atoms with van der Waals surface area (Å²) in [5, 5.41) is 1.30. The molecule has 2 aromatic rings. The van der Waals surface area contributed by atoms with Gasteiger partial charge >= 0.3 is 0 Å². The highest BCUT2D eigenvalue weighted by Crippen LogP contribution is 2.23. The number of nitrogen functional groups attached to an aromatic ring is 1. The maximum Gasteiger partial charge on any atom is 0.253 e. The monoisotopic (exact) mass is 269 g/mol. The number of H-pyrrole nitrogens is 1. The number of nitrogens with two attached hydrogens (primary N) is 1. The van der Waals surface area contributed by atoms with Gasteiger partial charge in [0.25, 0.3) is 5.56 Å². The van der Waals surface area contributed by atoms with Crippen LogP contribution in [0.4, 0.5) is 5.82 Å². The molecule has 3 N–H and O–H groups in total. The third-order valence-corrected chi connectivity index (χ3v) is 2.72. The van der Waals surface area contributed by atoms with Crippen molar-refractivity contribution in [2.75, 3.05) is 5.73 Å². The molecule has 0 aliphatic carbocycles. The first kappa shape index (κ1) is 11.9. The summed E-state index contributed by atoms with van der Waals surface area (Å²) in [6.07, 6.45) is 0. The van der Waals surface area contributed by atoms with Gasteiger partial charge in [0.05, 0.1) is 0 Å². The second-order valence-corrected chi connectivity index (χ2v) is 4.55. The molecule has 0 atom stereocenters. The van der Waals surface area contributed by atoms with Gasteiger partial charge in [-0.1, -0.05) is 11.6 Å². The predicted molar refractivity (Wildman–Crippen MR) is 65.2 cm³/mol. The van der Waals surface area contributed by atoms with Gasteiger partial charge in [0.15, 0.2) is 5.16 Å². The van der Waals surface area contributed by atoms with Gasteiger partial charge < -0.3 is 10.7 Å². The van der Waals surface area contributed by atoms with E-state index in [1.54, 1.807) is 13.0 Å². The van der Waals surface area contributed by atoms with Crippen LogP contribution in [-0.4, -0.2) is 19.9 Å². The number of nitrogens with zero attached hydrogens (tertiary/aromatic N) is 3. The van der Waals surface area contributed by atoms with E-state index in [0.29, 0.717) is 21.2 Å². The Morgan fingerprint density at radius 2 is 2.12 bits per heavy atom. The van der Waals surface area contributed by atoms with E-state index in [1.807, 2.05) is 0 Å². The molecular weight excluding hydrogens is 262 g/mol. The molecule has 0 fully saturated rings. The highest BCUT2D eigenvalue weighted by atomic mass is 35.5. The van der Waals surface area contributed by atoms with E-state index in [-0.39, 0.29) is 11.4 Å². The smallest absolute Gasteiger partial charge is 0.253 e. The van der Waals surface area contributed by atoms with Crippen molar-refractivity contribution in [3.63, 3.8) is 0 Å². The van der Waals surface area contributed by atoms with E-state index >= 15 is 0 Å². The normalized spacial score (nSPS) is 10.5. The van der Waals surface area contributed by atoms with Gasteiger partial charge in [0.2, 0.25) is 0 Å². The van der Waals surface area contributed by atoms with Crippen molar-refractivity contribution in [3.05, 3.63) is 33.5 Å². The Kier molecular flexibility index (Phi) is 3.30. The lowest BCUT2D eigenvalue weighted by atomic mass is 10.6. The topological polar surface area (TPSA) is 97.5 Å². The molecule has 0 aliphatic rings. The average Bonchev–Trinajstić information content (AvgIpc) is 2.13. The molecule has 0 saturated heterocycles. The summed E-state index contributed by atoms with van der Waals surface area (Å²) in [5.41, 5.74) is 5.16. The fourth-order valence-corrected chi connectivity index (χ4v) is 2.30. The van der Waals surface area contributed by atoms with E-state index < -0.39 is 0 Å². The minimum atomic E-state index is -0.308. The fourth-order valence-electron chi connectivity index (χ4n) is 1.16. The van der Waals surface area contributed by atoms with Crippen molar-refractivity contribution in [2.24, 2.45) is 0 Å². The van der Waals surface area contributed by atoms with Gasteiger partial charge in [-0.2, -0.15) is 0 Å². The maximum atomic E-state index is 11.2. The summed E-state index contributed by atoms with van der Waals surface area (Å²) in [6.45, 7) is 1.73. The number of aromatic amines is 1. The Labute approximate surface area is 106 Å². The molecule has 0 aliphatic heterocycles. The first-order valence-electron chi connectivity index (χ1n) is 4.59. The van der Waals surface area contributed by atoms with Crippen LogP contribution in [0, 0.1) is 6.92 Å². The number of hydrogen-bond donors (Lipinski definition) is 2. The molecule has 2 aromatic heterocycles. The number of anilines is 1. The second-order valence-electron chi connectivity index (χ2n) is 3.15. The molecule has 88 valence electrons. The number of hydrogen-bond acceptors (Lipinski definition) is 6. The van der Waals surface area contributed by atoms with E-state index in [4.69, 9.17) is 17.3 Å². The van der Waals surface area contributed by atoms with Crippen molar-refractivity contribution < 1.29 is 0 Å². The third kappa shape index (κ3) is 3.18. The summed E-state index contributed by atoms with van der Waals surface area (Å²) in [5.74, 6) is 0.708. The largest absolute Gasteiger partial charge is 0.383 e. The summed E-state index contributed by atoms with van der Waals surface area (Å²) in [6, 6.07) is 2.80. The number of rotatable bonds is 2. The van der Waals surface area contributed by atoms with Crippen LogP contribution in [0.15, 0.2) is 27.1 Å². The third-order valence-electron chi connectivity index (χ3n) is 1.72. The van der Waals surface area contributed by atoms with Crippen LogP contribution >= 0.6 is 23.4 Å². The quantitative estimate of drug-likeness (QED) is 0.629. The van der Waals surface area contributed by atoms with Crippen LogP contribution in [0.2, 0.25) is 5.15 Å². The minimum absolute atomic E-state index is 0.160. The van der Waals surface area contributed by atoms with Crippen molar-refractivity contribution >= 4 is 29.2 Å². The molecule has 0 bridgehead atoms. The van der Waals surface area contributed by atoms with Crippen molar-refractivity contribution in [1.82, 2.24) is 19.9 Å². The maximum absolute atomic E-state index is 11.2. The standard InChI is InChI=1S/C9H8ClN5OS/c1-4-12-5(10)2-8(13-4)17-9-14-6(11)3-7(16)15-9/h2-3H,1H3,(H3,11,14,15,16). The molecule has 0 radical (unpaired) electrons. The minimum Gasteiger partial charge on any atom is -0.383 e. The molecule has 0 spiro atoms. The van der Waals surface area contributed by atoms with Crippen LogP contribution in [0.1, 0.15) is 5.82 Å².